The third-order valence-electron chi connectivity index (χ3n) is 2.59. The maximum Gasteiger partial charge on any atom is 0.249 e. The van der Waals surface area contributed by atoms with Crippen LogP contribution in [0.5, 0.6) is 11.5 Å². The summed E-state index contributed by atoms with van der Waals surface area (Å²) in [6.07, 6.45) is 2.64. The molecule has 0 unspecified atom stereocenters. The van der Waals surface area contributed by atoms with Crippen molar-refractivity contribution in [3.8, 4) is 11.5 Å². The van der Waals surface area contributed by atoms with Crippen LogP contribution in [0.4, 0.5) is 0 Å². The Morgan fingerprint density at radius 3 is 2.68 bits per heavy atom. The molecule has 0 heterocycles. The number of ether oxygens (including phenoxy) is 2. The van der Waals surface area contributed by atoms with Gasteiger partial charge in [-0.3, -0.25) is 9.59 Å². The van der Waals surface area contributed by atoms with Gasteiger partial charge in [0, 0.05) is 12.1 Å². The fraction of sp³-hybridized carbons (Fsp3) is 0.267. The van der Waals surface area contributed by atoms with Crippen LogP contribution >= 0.6 is 0 Å². The zero-order valence-electron chi connectivity index (χ0n) is 12.6. The lowest BCUT2D eigenvalue weighted by Gasteiger charge is -2.09. The molecule has 1 aromatic carbocycles. The van der Waals surface area contributed by atoms with E-state index in [2.05, 4.69) is 22.4 Å². The third kappa shape index (κ3) is 5.28. The molecule has 0 spiro atoms. The molecule has 0 aliphatic carbocycles. The van der Waals surface area contributed by atoms with Crippen LogP contribution in [-0.2, 0) is 9.59 Å². The van der Waals surface area contributed by atoms with Crippen molar-refractivity contribution in [3.63, 3.8) is 0 Å². The van der Waals surface area contributed by atoms with Gasteiger partial charge in [0.2, 0.25) is 11.8 Å². The zero-order chi connectivity index (χ0) is 16.4. The summed E-state index contributed by atoms with van der Waals surface area (Å²) >= 11 is 0. The average Bonchev–Trinajstić information content (AvgIpc) is 2.52. The number of hydrogen-bond donors (Lipinski definition) is 2. The minimum absolute atomic E-state index is 0.305. The summed E-state index contributed by atoms with van der Waals surface area (Å²) < 4.78 is 10.4. The maximum absolute atomic E-state index is 11.5. The number of nitrogens with zero attached hydrogens (tertiary/aromatic N) is 1. The summed E-state index contributed by atoms with van der Waals surface area (Å²) in [6.45, 7) is 3.78. The molecular formula is C15H19N3O4. The standard InChI is InChI=1S/C15H19N3O4/c1-4-8-16-13(19)9-14(20)18-17-10-11-6-5-7-12(21-2)15(11)22-3/h4-7,10H,1,8-9H2,2-3H3,(H,16,19)(H,18,20)/b17-10-. The molecule has 1 aromatic rings. The molecule has 1 rings (SSSR count). The number of benzene rings is 1. The largest absolute Gasteiger partial charge is 0.493 e. The molecule has 0 bridgehead atoms. The molecule has 7 heteroatoms. The van der Waals surface area contributed by atoms with E-state index in [4.69, 9.17) is 9.47 Å². The number of carbonyl (C=O) groups excluding carboxylic acids is 2. The van der Waals surface area contributed by atoms with Crippen molar-refractivity contribution in [2.75, 3.05) is 20.8 Å². The zero-order valence-corrected chi connectivity index (χ0v) is 12.6. The second-order valence-corrected chi connectivity index (χ2v) is 4.15. The lowest BCUT2D eigenvalue weighted by molar-refractivity contribution is -0.129. The van der Waals surface area contributed by atoms with Gasteiger partial charge >= 0.3 is 0 Å². The molecule has 0 aromatic heterocycles. The minimum atomic E-state index is -0.514. The van der Waals surface area contributed by atoms with Gasteiger partial charge in [0.1, 0.15) is 6.42 Å². The van der Waals surface area contributed by atoms with E-state index in [1.807, 2.05) is 0 Å². The second-order valence-electron chi connectivity index (χ2n) is 4.15. The van der Waals surface area contributed by atoms with Crippen LogP contribution in [0.1, 0.15) is 12.0 Å². The van der Waals surface area contributed by atoms with Gasteiger partial charge < -0.3 is 14.8 Å². The quantitative estimate of drug-likeness (QED) is 0.322. The van der Waals surface area contributed by atoms with Crippen LogP contribution in [0.15, 0.2) is 36.0 Å². The predicted molar refractivity (Wildman–Crippen MR) is 83.1 cm³/mol. The Kier molecular flexibility index (Phi) is 7.18. The first kappa shape index (κ1) is 17.2. The highest BCUT2D eigenvalue weighted by atomic mass is 16.5. The summed E-state index contributed by atoms with van der Waals surface area (Å²) in [5.41, 5.74) is 2.91. The first-order valence-electron chi connectivity index (χ1n) is 6.52. The normalized spacial score (nSPS) is 10.1. The fourth-order valence-electron chi connectivity index (χ4n) is 1.62. The van der Waals surface area contributed by atoms with Gasteiger partial charge in [0.15, 0.2) is 11.5 Å². The van der Waals surface area contributed by atoms with E-state index in [0.29, 0.717) is 23.6 Å². The summed E-state index contributed by atoms with van der Waals surface area (Å²) in [6, 6.07) is 5.28. The Hall–Kier alpha value is -2.83. The number of methoxy groups -OCH3 is 2. The highest BCUT2D eigenvalue weighted by Gasteiger charge is 2.09. The van der Waals surface area contributed by atoms with Crippen LogP contribution in [0, 0.1) is 0 Å². The van der Waals surface area contributed by atoms with E-state index in [-0.39, 0.29) is 6.42 Å². The molecule has 7 nitrogen and oxygen atoms in total. The van der Waals surface area contributed by atoms with E-state index in [0.717, 1.165) is 0 Å². The van der Waals surface area contributed by atoms with Gasteiger partial charge in [-0.25, -0.2) is 5.43 Å². The van der Waals surface area contributed by atoms with E-state index in [1.54, 1.807) is 18.2 Å². The molecule has 118 valence electrons. The molecule has 0 saturated heterocycles. The van der Waals surface area contributed by atoms with E-state index in [1.165, 1.54) is 26.5 Å². The van der Waals surface area contributed by atoms with Crippen LogP contribution < -0.4 is 20.2 Å². The molecule has 2 amide bonds. The number of hydrazone groups is 1. The summed E-state index contributed by atoms with van der Waals surface area (Å²) in [5.74, 6) is 0.152. The number of rotatable bonds is 8. The van der Waals surface area contributed by atoms with Crippen LogP contribution in [0.2, 0.25) is 0 Å². The Labute approximate surface area is 129 Å². The molecule has 0 aliphatic rings. The summed E-state index contributed by atoms with van der Waals surface area (Å²) in [7, 11) is 3.04. The van der Waals surface area contributed by atoms with Crippen molar-refractivity contribution in [1.82, 2.24) is 10.7 Å². The van der Waals surface area contributed by atoms with Crippen molar-refractivity contribution in [1.29, 1.82) is 0 Å². The second kappa shape index (κ2) is 9.17. The maximum atomic E-state index is 11.5. The molecule has 0 radical (unpaired) electrons. The molecule has 0 fully saturated rings. The van der Waals surface area contributed by atoms with Gasteiger partial charge in [-0.2, -0.15) is 5.10 Å². The summed E-state index contributed by atoms with van der Waals surface area (Å²) in [5, 5.41) is 6.30. The van der Waals surface area contributed by atoms with Crippen LogP contribution in [-0.4, -0.2) is 38.8 Å². The van der Waals surface area contributed by atoms with E-state index in [9.17, 15) is 9.59 Å². The van der Waals surface area contributed by atoms with Gasteiger partial charge in [-0.05, 0) is 12.1 Å². The monoisotopic (exact) mass is 305 g/mol. The number of para-hydroxylation sites is 1. The van der Waals surface area contributed by atoms with Crippen LogP contribution in [0.25, 0.3) is 0 Å². The van der Waals surface area contributed by atoms with Gasteiger partial charge in [0.25, 0.3) is 0 Å². The fourth-order valence-corrected chi connectivity index (χ4v) is 1.62. The number of carbonyl (C=O) groups is 2. The van der Waals surface area contributed by atoms with Gasteiger partial charge in [-0.1, -0.05) is 12.1 Å². The van der Waals surface area contributed by atoms with E-state index >= 15 is 0 Å². The first-order valence-corrected chi connectivity index (χ1v) is 6.52. The Morgan fingerprint density at radius 2 is 2.05 bits per heavy atom. The molecule has 0 aliphatic heterocycles. The van der Waals surface area contributed by atoms with Crippen molar-refractivity contribution in [2.45, 2.75) is 6.42 Å². The molecular weight excluding hydrogens is 286 g/mol. The molecule has 0 saturated carbocycles. The highest BCUT2D eigenvalue weighted by molar-refractivity contribution is 5.97. The Bertz CT molecular complexity index is 570. The van der Waals surface area contributed by atoms with Crippen molar-refractivity contribution in [2.24, 2.45) is 5.10 Å². The van der Waals surface area contributed by atoms with Crippen LogP contribution in [0.3, 0.4) is 0 Å². The molecule has 22 heavy (non-hydrogen) atoms. The lowest BCUT2D eigenvalue weighted by Crippen LogP contribution is -2.29. The van der Waals surface area contributed by atoms with E-state index < -0.39 is 11.8 Å². The predicted octanol–water partition coefficient (Wildman–Crippen LogP) is 0.846. The Balaban J connectivity index is 2.60. The highest BCUT2D eigenvalue weighted by Crippen LogP contribution is 2.29. The number of hydrogen-bond acceptors (Lipinski definition) is 5. The summed E-state index contributed by atoms with van der Waals surface area (Å²) in [4.78, 5) is 22.8. The Morgan fingerprint density at radius 1 is 1.27 bits per heavy atom. The van der Waals surface area contributed by atoms with Crippen molar-refractivity contribution in [3.05, 3.63) is 36.4 Å². The smallest absolute Gasteiger partial charge is 0.249 e. The number of nitrogens with one attached hydrogen (secondary N) is 2. The first-order chi connectivity index (χ1) is 10.6. The average molecular weight is 305 g/mol. The number of amides is 2. The minimum Gasteiger partial charge on any atom is -0.493 e. The topological polar surface area (TPSA) is 89.0 Å². The molecule has 2 N–H and O–H groups in total. The molecule has 0 atom stereocenters. The van der Waals surface area contributed by atoms with Gasteiger partial charge in [-0.15, -0.1) is 6.58 Å². The third-order valence-corrected chi connectivity index (χ3v) is 2.59. The van der Waals surface area contributed by atoms with Gasteiger partial charge in [0.05, 0.1) is 20.4 Å². The lowest BCUT2D eigenvalue weighted by atomic mass is 10.2. The SMILES string of the molecule is C=CCNC(=O)CC(=O)N/N=C\c1cccc(OC)c1OC. The van der Waals surface area contributed by atoms with Crippen molar-refractivity contribution < 1.29 is 19.1 Å². The van der Waals surface area contributed by atoms with Crippen molar-refractivity contribution >= 4 is 18.0 Å².